The van der Waals surface area contributed by atoms with Crippen molar-refractivity contribution in [1.29, 1.82) is 0 Å². The molecule has 114 valence electrons. The summed E-state index contributed by atoms with van der Waals surface area (Å²) >= 11 is 0. The minimum Gasteiger partial charge on any atom is -0.380 e. The van der Waals surface area contributed by atoms with Crippen LogP contribution < -0.4 is 16.5 Å². The molecule has 0 amide bonds. The van der Waals surface area contributed by atoms with Gasteiger partial charge in [-0.3, -0.25) is 10.3 Å². The molecule has 0 atom stereocenters. The van der Waals surface area contributed by atoms with Gasteiger partial charge >= 0.3 is 0 Å². The highest BCUT2D eigenvalue weighted by atomic mass is 16.3. The number of nitroso groups, excluding NO2 is 1. The lowest BCUT2D eigenvalue weighted by atomic mass is 10.1. The Labute approximate surface area is 128 Å². The van der Waals surface area contributed by atoms with Crippen molar-refractivity contribution >= 4 is 12.2 Å². The number of nitrogens with one attached hydrogen (secondary N) is 2. The third-order valence-electron chi connectivity index (χ3n) is 3.02. The fourth-order valence-corrected chi connectivity index (χ4v) is 1.96. The lowest BCUT2D eigenvalue weighted by molar-refractivity contribution is 0.610. The van der Waals surface area contributed by atoms with Crippen molar-refractivity contribution in [3.05, 3.63) is 64.8 Å². The van der Waals surface area contributed by atoms with Crippen LogP contribution in [0.2, 0.25) is 0 Å². The molecule has 0 saturated carbocycles. The first-order valence-corrected chi connectivity index (χ1v) is 6.59. The molecule has 2 aliphatic heterocycles. The number of allylic oxidation sites excluding steroid dienone is 5. The number of hydrogen-bond donors (Lipinski definition) is 3. The number of fused-ring (bicyclic) bond motifs is 1. The summed E-state index contributed by atoms with van der Waals surface area (Å²) in [6.07, 6.45) is 11.5. The van der Waals surface area contributed by atoms with Crippen LogP contribution in [0, 0.1) is 4.91 Å². The van der Waals surface area contributed by atoms with Crippen molar-refractivity contribution in [2.75, 3.05) is 0 Å². The van der Waals surface area contributed by atoms with Crippen molar-refractivity contribution in [3.8, 4) is 0 Å². The Morgan fingerprint density at radius 2 is 2.41 bits per heavy atom. The molecule has 22 heavy (non-hydrogen) atoms. The predicted octanol–water partition coefficient (Wildman–Crippen LogP) is 1.57. The van der Waals surface area contributed by atoms with Gasteiger partial charge in [0.25, 0.3) is 0 Å². The Hall–Kier alpha value is -3.16. The maximum atomic E-state index is 10.2. The molecule has 0 aromatic rings. The Morgan fingerprint density at radius 3 is 3.09 bits per heavy atom. The zero-order valence-corrected chi connectivity index (χ0v) is 12.2. The maximum absolute atomic E-state index is 10.2. The van der Waals surface area contributed by atoms with E-state index in [-0.39, 0.29) is 5.84 Å². The van der Waals surface area contributed by atoms with Crippen LogP contribution in [0.25, 0.3) is 0 Å². The second-order valence-corrected chi connectivity index (χ2v) is 4.47. The zero-order valence-electron chi connectivity index (χ0n) is 12.2. The van der Waals surface area contributed by atoms with Crippen LogP contribution in [0.15, 0.2) is 75.4 Å². The molecule has 0 aromatic heterocycles. The first-order valence-electron chi connectivity index (χ1n) is 6.59. The van der Waals surface area contributed by atoms with E-state index in [9.17, 15) is 4.91 Å². The molecule has 4 N–H and O–H groups in total. The molecule has 0 fully saturated rings. The highest BCUT2D eigenvalue weighted by molar-refractivity contribution is 5.97. The molecule has 2 rings (SSSR count). The number of hydrogen-bond acceptors (Lipinski definition) is 6. The van der Waals surface area contributed by atoms with E-state index in [2.05, 4.69) is 32.8 Å². The van der Waals surface area contributed by atoms with Gasteiger partial charge in [-0.25, -0.2) is 0 Å². The van der Waals surface area contributed by atoms with E-state index in [4.69, 9.17) is 5.73 Å². The molecular formula is C14H17N7O. The van der Waals surface area contributed by atoms with Crippen LogP contribution >= 0.6 is 0 Å². The highest BCUT2D eigenvalue weighted by Gasteiger charge is 2.24. The first-order chi connectivity index (χ1) is 10.7. The molecule has 8 heteroatoms. The van der Waals surface area contributed by atoms with Crippen LogP contribution in [0.5, 0.6) is 0 Å². The summed E-state index contributed by atoms with van der Waals surface area (Å²) < 4.78 is 0. The molecule has 0 spiro atoms. The van der Waals surface area contributed by atoms with E-state index < -0.39 is 0 Å². The minimum absolute atomic E-state index is 0.00411. The summed E-state index contributed by atoms with van der Waals surface area (Å²) in [5.74, 6) is 0.785. The van der Waals surface area contributed by atoms with Gasteiger partial charge in [-0.05, 0) is 12.5 Å². The van der Waals surface area contributed by atoms with Gasteiger partial charge in [0, 0.05) is 12.6 Å². The van der Waals surface area contributed by atoms with E-state index in [1.807, 2.05) is 25.2 Å². The third kappa shape index (κ3) is 3.29. The highest BCUT2D eigenvalue weighted by Crippen LogP contribution is 2.22. The van der Waals surface area contributed by atoms with Gasteiger partial charge in [-0.2, -0.15) is 5.10 Å². The van der Waals surface area contributed by atoms with E-state index in [0.29, 0.717) is 12.1 Å². The number of nitrogens with two attached hydrogens (primary N) is 1. The van der Waals surface area contributed by atoms with Gasteiger partial charge in [-0.15, -0.1) is 4.91 Å². The molecule has 2 heterocycles. The fourth-order valence-electron chi connectivity index (χ4n) is 1.96. The van der Waals surface area contributed by atoms with Gasteiger partial charge in [0.1, 0.15) is 12.0 Å². The van der Waals surface area contributed by atoms with Crippen molar-refractivity contribution < 1.29 is 0 Å². The maximum Gasteiger partial charge on any atom is 0.174 e. The summed E-state index contributed by atoms with van der Waals surface area (Å²) in [6.45, 7) is 5.75. The number of amidine groups is 1. The van der Waals surface area contributed by atoms with Crippen molar-refractivity contribution in [2.45, 2.75) is 13.3 Å². The Balaban J connectivity index is 2.28. The lowest BCUT2D eigenvalue weighted by Crippen LogP contribution is -2.36. The Kier molecular flexibility index (Phi) is 4.86. The molecule has 8 nitrogen and oxygen atoms in total. The number of hydrazone groups is 1. The molecular weight excluding hydrogens is 282 g/mol. The standard InChI is InChI=1S/C14H17N7O/c1-3-5-6-10(4-2)7-11-14-19-16-9-21(14)8-12(17-11)13(15)18-20-22/h3-6,8-9,17,19H,2,7H2,1H3,(H2,15,18,22)/b5-3-,10-6+. The number of nitrogens with zero attached hydrogens (tertiary/aromatic N) is 4. The van der Waals surface area contributed by atoms with Crippen LogP contribution in [0.3, 0.4) is 0 Å². The van der Waals surface area contributed by atoms with Gasteiger partial charge < -0.3 is 11.1 Å². The SMILES string of the molecule is C=C/C(=C\C=C/C)CC1=C2NN=CN2C=C(C(N)=NN=O)N1. The largest absolute Gasteiger partial charge is 0.380 e. The summed E-state index contributed by atoms with van der Waals surface area (Å²) in [4.78, 5) is 12.0. The predicted molar refractivity (Wildman–Crippen MR) is 86.8 cm³/mol. The van der Waals surface area contributed by atoms with Crippen molar-refractivity contribution in [2.24, 2.45) is 21.2 Å². The molecule has 2 aliphatic rings. The van der Waals surface area contributed by atoms with E-state index in [1.54, 1.807) is 23.5 Å². The summed E-state index contributed by atoms with van der Waals surface area (Å²) in [5.41, 5.74) is 10.9. The monoisotopic (exact) mass is 299 g/mol. The topological polar surface area (TPSA) is 107 Å². The lowest BCUT2D eigenvalue weighted by Gasteiger charge is -2.25. The molecule has 0 aliphatic carbocycles. The molecule has 0 saturated heterocycles. The van der Waals surface area contributed by atoms with Crippen LogP contribution in [-0.2, 0) is 0 Å². The summed E-state index contributed by atoms with van der Waals surface area (Å²) in [5, 5.41) is 12.9. The van der Waals surface area contributed by atoms with E-state index >= 15 is 0 Å². The Morgan fingerprint density at radius 1 is 1.59 bits per heavy atom. The van der Waals surface area contributed by atoms with Gasteiger partial charge in [0.15, 0.2) is 11.7 Å². The molecule has 0 aromatic carbocycles. The average Bonchev–Trinajstić information content (AvgIpc) is 3.00. The van der Waals surface area contributed by atoms with E-state index in [1.165, 1.54) is 0 Å². The molecule has 0 unspecified atom stereocenters. The molecule has 0 radical (unpaired) electrons. The number of rotatable bonds is 6. The third-order valence-corrected chi connectivity index (χ3v) is 3.02. The quantitative estimate of drug-likeness (QED) is 0.227. The minimum atomic E-state index is 0.00411. The first kappa shape index (κ1) is 15.2. The van der Waals surface area contributed by atoms with Crippen LogP contribution in [-0.4, -0.2) is 17.1 Å². The van der Waals surface area contributed by atoms with Crippen molar-refractivity contribution in [3.63, 3.8) is 0 Å². The van der Waals surface area contributed by atoms with Crippen LogP contribution in [0.1, 0.15) is 13.3 Å². The normalized spacial score (nSPS) is 18.0. The van der Waals surface area contributed by atoms with Crippen molar-refractivity contribution in [1.82, 2.24) is 15.6 Å². The second-order valence-electron chi connectivity index (χ2n) is 4.47. The smallest absolute Gasteiger partial charge is 0.174 e. The Bertz CT molecular complexity index is 652. The van der Waals surface area contributed by atoms with Crippen LogP contribution in [0.4, 0.5) is 0 Å². The fraction of sp³-hybridized carbons (Fsp3) is 0.143. The van der Waals surface area contributed by atoms with Gasteiger partial charge in [0.2, 0.25) is 0 Å². The zero-order chi connectivity index (χ0) is 15.9. The average molecular weight is 299 g/mol. The summed E-state index contributed by atoms with van der Waals surface area (Å²) in [7, 11) is 0. The van der Waals surface area contributed by atoms with Gasteiger partial charge in [-0.1, -0.05) is 36.0 Å². The molecule has 0 bridgehead atoms. The van der Waals surface area contributed by atoms with E-state index in [0.717, 1.165) is 17.1 Å². The summed E-state index contributed by atoms with van der Waals surface area (Å²) in [6, 6.07) is 0. The van der Waals surface area contributed by atoms with Gasteiger partial charge in [0.05, 0.1) is 11.0 Å². The second kappa shape index (κ2) is 7.02.